The van der Waals surface area contributed by atoms with Crippen LogP contribution >= 0.6 is 11.6 Å². The van der Waals surface area contributed by atoms with E-state index in [1.54, 1.807) is 29.7 Å². The number of carboxylic acid groups (broad SMARTS) is 1. The molecule has 8 heteroatoms. The van der Waals surface area contributed by atoms with Crippen LogP contribution in [0.1, 0.15) is 41.9 Å². The van der Waals surface area contributed by atoms with Gasteiger partial charge in [-0.25, -0.2) is 13.6 Å². The van der Waals surface area contributed by atoms with Crippen LogP contribution in [0.2, 0.25) is 5.02 Å². The van der Waals surface area contributed by atoms with Crippen molar-refractivity contribution >= 4 is 28.5 Å². The highest BCUT2D eigenvalue weighted by Gasteiger charge is 2.34. The zero-order chi connectivity index (χ0) is 25.7. The Labute approximate surface area is 205 Å². The van der Waals surface area contributed by atoms with E-state index in [0.717, 1.165) is 6.07 Å². The number of phenols is 1. The quantitative estimate of drug-likeness (QED) is 0.309. The summed E-state index contributed by atoms with van der Waals surface area (Å²) in [6.07, 6.45) is 0.0415. The number of aryl methyl sites for hydroxylation is 1. The predicted molar refractivity (Wildman–Crippen MR) is 130 cm³/mol. The molecule has 0 spiro atoms. The second kappa shape index (κ2) is 8.71. The second-order valence-electron chi connectivity index (χ2n) is 9.03. The molecule has 2 N–H and O–H groups in total. The van der Waals surface area contributed by atoms with Crippen molar-refractivity contribution in [2.75, 3.05) is 0 Å². The van der Waals surface area contributed by atoms with Crippen LogP contribution < -0.4 is 0 Å². The molecule has 0 radical (unpaired) electrons. The first kappa shape index (κ1) is 24.2. The molecule has 0 bridgehead atoms. The average Bonchev–Trinajstić information content (AvgIpc) is 3.11. The first-order valence-electron chi connectivity index (χ1n) is 10.7. The van der Waals surface area contributed by atoms with E-state index >= 15 is 4.39 Å². The zero-order valence-corrected chi connectivity index (χ0v) is 19.9. The summed E-state index contributed by atoms with van der Waals surface area (Å²) in [6.45, 7) is 5.23. The number of rotatable bonds is 5. The summed E-state index contributed by atoms with van der Waals surface area (Å²) in [5.41, 5.74) is 1.07. The molecule has 0 aliphatic rings. The molecule has 4 rings (SSSR count). The molecule has 0 aliphatic carbocycles. The van der Waals surface area contributed by atoms with Crippen molar-refractivity contribution < 1.29 is 23.8 Å². The summed E-state index contributed by atoms with van der Waals surface area (Å²) >= 11 is 6.28. The van der Waals surface area contributed by atoms with Gasteiger partial charge < -0.3 is 14.8 Å². The summed E-state index contributed by atoms with van der Waals surface area (Å²) < 4.78 is 31.3. The van der Waals surface area contributed by atoms with E-state index in [1.165, 1.54) is 24.3 Å². The predicted octanol–water partition coefficient (Wildman–Crippen LogP) is 7.13. The third-order valence-electron chi connectivity index (χ3n) is 6.06. The Morgan fingerprint density at radius 2 is 1.83 bits per heavy atom. The van der Waals surface area contributed by atoms with Gasteiger partial charge in [0, 0.05) is 39.4 Å². The van der Waals surface area contributed by atoms with Gasteiger partial charge in [-0.2, -0.15) is 5.26 Å². The van der Waals surface area contributed by atoms with Gasteiger partial charge in [-0.1, -0.05) is 31.5 Å². The maximum atomic E-state index is 15.4. The monoisotopic (exact) mass is 494 g/mol. The zero-order valence-electron chi connectivity index (χ0n) is 19.2. The topological polar surface area (TPSA) is 86.2 Å². The average molecular weight is 495 g/mol. The Morgan fingerprint density at radius 3 is 2.43 bits per heavy atom. The number of hydrogen-bond acceptors (Lipinski definition) is 3. The van der Waals surface area contributed by atoms with Crippen molar-refractivity contribution in [1.82, 2.24) is 4.57 Å². The summed E-state index contributed by atoms with van der Waals surface area (Å²) in [5.74, 6) is -2.70. The van der Waals surface area contributed by atoms with Gasteiger partial charge in [-0.05, 0) is 55.0 Å². The van der Waals surface area contributed by atoms with Crippen molar-refractivity contribution in [3.05, 3.63) is 82.0 Å². The summed E-state index contributed by atoms with van der Waals surface area (Å²) in [6, 6.07) is 13.1. The van der Waals surface area contributed by atoms with Gasteiger partial charge in [0.15, 0.2) is 0 Å². The molecule has 178 valence electrons. The molecule has 0 saturated carbocycles. The molecule has 4 aromatic rings. The maximum Gasteiger partial charge on any atom is 0.335 e. The number of hydrogen-bond donors (Lipinski definition) is 2. The standard InChI is InChI=1S/C27H21ClF2N2O3/c1-14-10-17(5-7-19(14)29)32-21-12-16(28)13-22(33)24(21)23(25(32)27(2,3)8-9-31)18-6-4-15(26(34)35)11-20(18)30/h4-7,10-13,33H,8H2,1-3H3,(H,34,35). The van der Waals surface area contributed by atoms with E-state index in [-0.39, 0.29) is 33.7 Å². The maximum absolute atomic E-state index is 15.4. The Morgan fingerprint density at radius 1 is 1.11 bits per heavy atom. The molecule has 0 atom stereocenters. The Balaban J connectivity index is 2.25. The molecule has 5 nitrogen and oxygen atoms in total. The minimum atomic E-state index is -1.28. The van der Waals surface area contributed by atoms with Gasteiger partial charge >= 0.3 is 5.97 Å². The van der Waals surface area contributed by atoms with Crippen LogP contribution in [0.5, 0.6) is 5.75 Å². The molecule has 0 fully saturated rings. The molecule has 35 heavy (non-hydrogen) atoms. The van der Waals surface area contributed by atoms with E-state index in [9.17, 15) is 24.7 Å². The number of fused-ring (bicyclic) bond motifs is 1. The lowest BCUT2D eigenvalue weighted by Gasteiger charge is -2.27. The molecule has 0 saturated heterocycles. The number of carboxylic acids is 1. The highest BCUT2D eigenvalue weighted by Crippen LogP contribution is 2.48. The van der Waals surface area contributed by atoms with Crippen LogP contribution in [0.3, 0.4) is 0 Å². The molecular formula is C27H21ClF2N2O3. The van der Waals surface area contributed by atoms with E-state index in [1.807, 2.05) is 13.8 Å². The van der Waals surface area contributed by atoms with Crippen molar-refractivity contribution in [1.29, 1.82) is 5.26 Å². The molecule has 1 heterocycles. The van der Waals surface area contributed by atoms with Crippen LogP contribution in [0, 0.1) is 29.9 Å². The number of aromatic hydroxyl groups is 1. The van der Waals surface area contributed by atoms with Gasteiger partial charge in [-0.15, -0.1) is 0 Å². The summed E-state index contributed by atoms with van der Waals surface area (Å²) in [7, 11) is 0. The fraction of sp³-hybridized carbons (Fsp3) is 0.185. The lowest BCUT2D eigenvalue weighted by atomic mass is 9.81. The number of carbonyl (C=O) groups is 1. The number of halogens is 3. The Bertz CT molecular complexity index is 1550. The minimum Gasteiger partial charge on any atom is -0.507 e. The lowest BCUT2D eigenvalue weighted by molar-refractivity contribution is 0.0696. The number of aromatic carboxylic acids is 1. The third-order valence-corrected chi connectivity index (χ3v) is 6.28. The lowest BCUT2D eigenvalue weighted by Crippen LogP contribution is -2.22. The first-order chi connectivity index (χ1) is 16.5. The third kappa shape index (κ3) is 4.11. The van der Waals surface area contributed by atoms with Crippen LogP contribution in [-0.2, 0) is 5.41 Å². The number of aromatic nitrogens is 1. The van der Waals surface area contributed by atoms with Gasteiger partial charge in [-0.3, -0.25) is 0 Å². The number of nitrogens with zero attached hydrogens (tertiary/aromatic N) is 2. The smallest absolute Gasteiger partial charge is 0.335 e. The largest absolute Gasteiger partial charge is 0.507 e. The van der Waals surface area contributed by atoms with Crippen LogP contribution in [0.4, 0.5) is 8.78 Å². The molecule has 0 aliphatic heterocycles. The van der Waals surface area contributed by atoms with Crippen molar-refractivity contribution in [3.8, 4) is 28.6 Å². The molecule has 0 amide bonds. The Hall–Kier alpha value is -3.89. The fourth-order valence-electron chi connectivity index (χ4n) is 4.43. The van der Waals surface area contributed by atoms with E-state index in [4.69, 9.17) is 11.6 Å². The van der Waals surface area contributed by atoms with E-state index in [0.29, 0.717) is 28.0 Å². The van der Waals surface area contributed by atoms with Crippen LogP contribution in [0.25, 0.3) is 27.7 Å². The minimum absolute atomic E-state index is 0.0415. The molecule has 0 unspecified atom stereocenters. The number of benzene rings is 3. The van der Waals surface area contributed by atoms with Crippen molar-refractivity contribution in [3.63, 3.8) is 0 Å². The summed E-state index contributed by atoms with van der Waals surface area (Å²) in [4.78, 5) is 11.4. The molecular weight excluding hydrogens is 474 g/mol. The molecule has 1 aromatic heterocycles. The number of phenolic OH excluding ortho intramolecular Hbond substituents is 1. The highest BCUT2D eigenvalue weighted by atomic mass is 35.5. The second-order valence-corrected chi connectivity index (χ2v) is 9.47. The van der Waals surface area contributed by atoms with Crippen LogP contribution in [-0.4, -0.2) is 20.7 Å². The Kier molecular flexibility index (Phi) is 6.04. The normalized spacial score (nSPS) is 11.6. The number of nitriles is 1. The van der Waals surface area contributed by atoms with Crippen molar-refractivity contribution in [2.24, 2.45) is 0 Å². The first-order valence-corrected chi connectivity index (χ1v) is 11.1. The van der Waals surface area contributed by atoms with E-state index in [2.05, 4.69) is 6.07 Å². The molecule has 3 aromatic carbocycles. The van der Waals surface area contributed by atoms with E-state index < -0.39 is 23.0 Å². The fourth-order valence-corrected chi connectivity index (χ4v) is 4.64. The van der Waals surface area contributed by atoms with Gasteiger partial charge in [0.2, 0.25) is 0 Å². The van der Waals surface area contributed by atoms with Crippen molar-refractivity contribution in [2.45, 2.75) is 32.6 Å². The summed E-state index contributed by atoms with van der Waals surface area (Å²) in [5, 5.41) is 30.3. The van der Waals surface area contributed by atoms with Gasteiger partial charge in [0.25, 0.3) is 0 Å². The van der Waals surface area contributed by atoms with Gasteiger partial charge in [0.05, 0.1) is 22.5 Å². The van der Waals surface area contributed by atoms with Crippen LogP contribution in [0.15, 0.2) is 48.5 Å². The SMILES string of the molecule is Cc1cc(-n2c(C(C)(C)CC#N)c(-c3ccc(C(=O)O)cc3F)c3c(O)cc(Cl)cc32)ccc1F. The van der Waals surface area contributed by atoms with Gasteiger partial charge in [0.1, 0.15) is 17.4 Å². The highest BCUT2D eigenvalue weighted by molar-refractivity contribution is 6.31.